The third kappa shape index (κ3) is 3.35. The molecule has 0 amide bonds. The first kappa shape index (κ1) is 17.0. The quantitative estimate of drug-likeness (QED) is 0.812. The number of rotatable bonds is 5. The first-order valence-electron chi connectivity index (χ1n) is 8.13. The standard InChI is InChI=1S/C18H28BrNO/c1-3-4-14-9-11-18(13-20,12-10-14)17(2,21)15-5-7-16(19)8-6-15/h5-8,14,21H,3-4,9-13,20H2,1-2H3. The van der Waals surface area contributed by atoms with Crippen LogP contribution in [0.3, 0.4) is 0 Å². The SMILES string of the molecule is CCCC1CCC(CN)(C(C)(O)c2ccc(Br)cc2)CC1. The fourth-order valence-electron chi connectivity index (χ4n) is 3.90. The Kier molecular flexibility index (Phi) is 5.50. The van der Waals surface area contributed by atoms with Gasteiger partial charge in [-0.2, -0.15) is 0 Å². The number of benzene rings is 1. The summed E-state index contributed by atoms with van der Waals surface area (Å²) in [6.45, 7) is 4.75. The van der Waals surface area contributed by atoms with Gasteiger partial charge in [0.1, 0.15) is 0 Å². The molecule has 0 radical (unpaired) electrons. The van der Waals surface area contributed by atoms with Gasteiger partial charge in [0, 0.05) is 16.4 Å². The average molecular weight is 354 g/mol. The molecule has 3 N–H and O–H groups in total. The van der Waals surface area contributed by atoms with Crippen LogP contribution in [-0.2, 0) is 5.60 Å². The Morgan fingerprint density at radius 3 is 2.33 bits per heavy atom. The minimum absolute atomic E-state index is 0.189. The molecule has 2 rings (SSSR count). The summed E-state index contributed by atoms with van der Waals surface area (Å²) in [5.41, 5.74) is 6.07. The van der Waals surface area contributed by atoms with Gasteiger partial charge in [-0.3, -0.25) is 0 Å². The molecular weight excluding hydrogens is 326 g/mol. The topological polar surface area (TPSA) is 46.2 Å². The van der Waals surface area contributed by atoms with Crippen LogP contribution in [0.1, 0.15) is 57.9 Å². The van der Waals surface area contributed by atoms with E-state index in [0.717, 1.165) is 28.8 Å². The summed E-state index contributed by atoms with van der Waals surface area (Å²) in [6, 6.07) is 8.02. The van der Waals surface area contributed by atoms with Crippen molar-refractivity contribution >= 4 is 15.9 Å². The maximum atomic E-state index is 11.3. The molecule has 21 heavy (non-hydrogen) atoms. The second-order valence-corrected chi connectivity index (χ2v) is 7.71. The van der Waals surface area contributed by atoms with Gasteiger partial charge in [-0.1, -0.05) is 47.8 Å². The van der Waals surface area contributed by atoms with E-state index in [4.69, 9.17) is 5.73 Å². The van der Waals surface area contributed by atoms with Crippen molar-refractivity contribution in [3.63, 3.8) is 0 Å². The van der Waals surface area contributed by atoms with Crippen molar-refractivity contribution < 1.29 is 5.11 Å². The molecule has 1 aromatic carbocycles. The van der Waals surface area contributed by atoms with Crippen LogP contribution >= 0.6 is 15.9 Å². The largest absolute Gasteiger partial charge is 0.385 e. The van der Waals surface area contributed by atoms with Gasteiger partial charge in [-0.05, 0) is 56.2 Å². The highest BCUT2D eigenvalue weighted by atomic mass is 79.9. The van der Waals surface area contributed by atoms with Gasteiger partial charge in [0.2, 0.25) is 0 Å². The van der Waals surface area contributed by atoms with Crippen LogP contribution < -0.4 is 5.73 Å². The van der Waals surface area contributed by atoms with E-state index in [-0.39, 0.29) is 5.41 Å². The Morgan fingerprint density at radius 2 is 1.86 bits per heavy atom. The molecule has 118 valence electrons. The fraction of sp³-hybridized carbons (Fsp3) is 0.667. The molecule has 1 unspecified atom stereocenters. The van der Waals surface area contributed by atoms with Gasteiger partial charge in [0.25, 0.3) is 0 Å². The zero-order chi connectivity index (χ0) is 15.5. The Morgan fingerprint density at radius 1 is 1.29 bits per heavy atom. The maximum absolute atomic E-state index is 11.3. The van der Waals surface area contributed by atoms with E-state index in [9.17, 15) is 5.11 Å². The molecular formula is C18H28BrNO. The van der Waals surface area contributed by atoms with Crippen LogP contribution in [0, 0.1) is 11.3 Å². The zero-order valence-electron chi connectivity index (χ0n) is 13.2. The lowest BCUT2D eigenvalue weighted by Gasteiger charge is -2.49. The third-order valence-corrected chi connectivity index (χ3v) is 6.12. The molecule has 1 aliphatic carbocycles. The van der Waals surface area contributed by atoms with E-state index >= 15 is 0 Å². The van der Waals surface area contributed by atoms with Crippen molar-refractivity contribution in [3.8, 4) is 0 Å². The lowest BCUT2D eigenvalue weighted by molar-refractivity contribution is -0.0983. The van der Waals surface area contributed by atoms with Crippen molar-refractivity contribution in [2.24, 2.45) is 17.1 Å². The Hall–Kier alpha value is -0.380. The number of aliphatic hydroxyl groups is 1. The average Bonchev–Trinajstić information content (AvgIpc) is 2.49. The van der Waals surface area contributed by atoms with Gasteiger partial charge in [0.05, 0.1) is 5.60 Å². The third-order valence-electron chi connectivity index (χ3n) is 5.59. The minimum atomic E-state index is -0.861. The molecule has 0 spiro atoms. The molecule has 0 saturated heterocycles. The first-order chi connectivity index (χ1) is 9.95. The van der Waals surface area contributed by atoms with Gasteiger partial charge in [0.15, 0.2) is 0 Å². The molecule has 1 fully saturated rings. The number of hydrogen-bond acceptors (Lipinski definition) is 2. The summed E-state index contributed by atoms with van der Waals surface area (Å²) in [4.78, 5) is 0. The van der Waals surface area contributed by atoms with Crippen LogP contribution in [0.25, 0.3) is 0 Å². The summed E-state index contributed by atoms with van der Waals surface area (Å²) < 4.78 is 1.04. The van der Waals surface area contributed by atoms with Gasteiger partial charge < -0.3 is 10.8 Å². The number of hydrogen-bond donors (Lipinski definition) is 2. The summed E-state index contributed by atoms with van der Waals surface area (Å²) in [5.74, 6) is 0.815. The summed E-state index contributed by atoms with van der Waals surface area (Å²) in [6.07, 6.45) is 6.99. The second kappa shape index (κ2) is 6.80. The number of halogens is 1. The van der Waals surface area contributed by atoms with Crippen LogP contribution in [0.15, 0.2) is 28.7 Å². The van der Waals surface area contributed by atoms with Gasteiger partial charge in [-0.25, -0.2) is 0 Å². The highest BCUT2D eigenvalue weighted by Gasteiger charge is 2.48. The van der Waals surface area contributed by atoms with E-state index in [0.29, 0.717) is 6.54 Å². The van der Waals surface area contributed by atoms with Gasteiger partial charge in [-0.15, -0.1) is 0 Å². The predicted octanol–water partition coefficient (Wildman–Crippen LogP) is 4.59. The summed E-state index contributed by atoms with van der Waals surface area (Å²) in [7, 11) is 0. The van der Waals surface area contributed by atoms with Crippen LogP contribution in [0.4, 0.5) is 0 Å². The monoisotopic (exact) mass is 353 g/mol. The Labute approximate surface area is 137 Å². The van der Waals surface area contributed by atoms with Crippen molar-refractivity contribution in [2.45, 2.75) is 58.0 Å². The second-order valence-electron chi connectivity index (χ2n) is 6.80. The first-order valence-corrected chi connectivity index (χ1v) is 8.93. The normalized spacial score (nSPS) is 29.1. The van der Waals surface area contributed by atoms with Crippen LogP contribution in [0.2, 0.25) is 0 Å². The lowest BCUT2D eigenvalue weighted by Crippen LogP contribution is -2.50. The van der Waals surface area contributed by atoms with E-state index < -0.39 is 5.60 Å². The molecule has 0 heterocycles. The maximum Gasteiger partial charge on any atom is 0.0936 e. The lowest BCUT2D eigenvalue weighted by atomic mass is 9.59. The fourth-order valence-corrected chi connectivity index (χ4v) is 4.16. The molecule has 2 nitrogen and oxygen atoms in total. The Balaban J connectivity index is 2.21. The van der Waals surface area contributed by atoms with E-state index in [1.54, 1.807) is 0 Å². The van der Waals surface area contributed by atoms with Gasteiger partial charge >= 0.3 is 0 Å². The molecule has 1 saturated carbocycles. The molecule has 0 aromatic heterocycles. The molecule has 1 atom stereocenters. The smallest absolute Gasteiger partial charge is 0.0936 e. The Bertz CT molecular complexity index is 447. The van der Waals surface area contributed by atoms with E-state index in [1.165, 1.54) is 25.7 Å². The zero-order valence-corrected chi connectivity index (χ0v) is 14.8. The summed E-state index contributed by atoms with van der Waals surface area (Å²) >= 11 is 3.46. The minimum Gasteiger partial charge on any atom is -0.385 e. The van der Waals surface area contributed by atoms with E-state index in [2.05, 4.69) is 22.9 Å². The number of nitrogens with two attached hydrogens (primary N) is 1. The van der Waals surface area contributed by atoms with Crippen molar-refractivity contribution in [1.82, 2.24) is 0 Å². The van der Waals surface area contributed by atoms with Crippen molar-refractivity contribution in [1.29, 1.82) is 0 Å². The summed E-state index contributed by atoms with van der Waals surface area (Å²) in [5, 5.41) is 11.3. The van der Waals surface area contributed by atoms with E-state index in [1.807, 2.05) is 31.2 Å². The van der Waals surface area contributed by atoms with Crippen LogP contribution in [0.5, 0.6) is 0 Å². The molecule has 0 aliphatic heterocycles. The van der Waals surface area contributed by atoms with Crippen molar-refractivity contribution in [3.05, 3.63) is 34.3 Å². The van der Waals surface area contributed by atoms with Crippen molar-refractivity contribution in [2.75, 3.05) is 6.54 Å². The molecule has 1 aromatic rings. The predicted molar refractivity (Wildman–Crippen MR) is 92.1 cm³/mol. The molecule has 3 heteroatoms. The highest BCUT2D eigenvalue weighted by molar-refractivity contribution is 9.10. The highest BCUT2D eigenvalue weighted by Crippen LogP contribution is 2.51. The molecule has 1 aliphatic rings. The molecule has 0 bridgehead atoms. The van der Waals surface area contributed by atoms with Crippen LogP contribution in [-0.4, -0.2) is 11.7 Å².